The number of nitrogens with zero attached hydrogens (tertiary/aromatic N) is 2. The second kappa shape index (κ2) is 8.92. The zero-order valence-electron chi connectivity index (χ0n) is 12.5. The Morgan fingerprint density at radius 2 is 1.90 bits per heavy atom. The van der Waals surface area contributed by atoms with Gasteiger partial charge in [-0.15, -0.1) is 12.4 Å². The van der Waals surface area contributed by atoms with Gasteiger partial charge in [0.1, 0.15) is 11.6 Å². The maximum Gasteiger partial charge on any atom is 0.239 e. The van der Waals surface area contributed by atoms with E-state index in [4.69, 9.17) is 5.73 Å². The smallest absolute Gasteiger partial charge is 0.239 e. The van der Waals surface area contributed by atoms with Gasteiger partial charge in [-0.2, -0.15) is 0 Å². The standard InChI is InChI=1S/C14H21F2N3O.ClH/c1-10(17)14(20)19(7-6-18(2)3)9-11-4-5-12(15)8-13(11)16;/h4-5,8,10H,6-7,9,17H2,1-3H3;1H/t10-;/m1./s1. The van der Waals surface area contributed by atoms with E-state index in [1.54, 1.807) is 6.92 Å². The van der Waals surface area contributed by atoms with Gasteiger partial charge in [0.05, 0.1) is 6.04 Å². The monoisotopic (exact) mass is 321 g/mol. The van der Waals surface area contributed by atoms with E-state index >= 15 is 0 Å². The molecule has 0 fully saturated rings. The van der Waals surface area contributed by atoms with Crippen molar-refractivity contribution in [2.75, 3.05) is 27.2 Å². The third-order valence-corrected chi connectivity index (χ3v) is 2.89. The van der Waals surface area contributed by atoms with Crippen molar-refractivity contribution < 1.29 is 13.6 Å². The van der Waals surface area contributed by atoms with Crippen molar-refractivity contribution >= 4 is 18.3 Å². The molecule has 2 N–H and O–H groups in total. The number of nitrogens with two attached hydrogens (primary N) is 1. The summed E-state index contributed by atoms with van der Waals surface area (Å²) in [4.78, 5) is 15.4. The molecule has 7 heteroatoms. The fraction of sp³-hybridized carbons (Fsp3) is 0.500. The number of carbonyl (C=O) groups is 1. The van der Waals surface area contributed by atoms with Gasteiger partial charge in [-0.25, -0.2) is 8.78 Å². The average Bonchev–Trinajstić information content (AvgIpc) is 2.35. The molecular weight excluding hydrogens is 300 g/mol. The van der Waals surface area contributed by atoms with Gasteiger partial charge in [0, 0.05) is 31.3 Å². The summed E-state index contributed by atoms with van der Waals surface area (Å²) in [7, 11) is 3.76. The molecule has 120 valence electrons. The highest BCUT2D eigenvalue weighted by atomic mass is 35.5. The van der Waals surface area contributed by atoms with Crippen molar-refractivity contribution in [1.29, 1.82) is 0 Å². The van der Waals surface area contributed by atoms with E-state index in [0.717, 1.165) is 6.07 Å². The number of carbonyl (C=O) groups excluding carboxylic acids is 1. The Labute approximate surface area is 130 Å². The molecule has 0 spiro atoms. The number of rotatable bonds is 6. The summed E-state index contributed by atoms with van der Waals surface area (Å²) in [5.41, 5.74) is 5.88. The Hall–Kier alpha value is -1.24. The van der Waals surface area contributed by atoms with Crippen molar-refractivity contribution in [3.63, 3.8) is 0 Å². The van der Waals surface area contributed by atoms with Crippen LogP contribution in [-0.2, 0) is 11.3 Å². The highest BCUT2D eigenvalue weighted by Gasteiger charge is 2.19. The van der Waals surface area contributed by atoms with Crippen LogP contribution in [0.5, 0.6) is 0 Å². The second-order valence-electron chi connectivity index (χ2n) is 5.09. The number of benzene rings is 1. The minimum Gasteiger partial charge on any atom is -0.336 e. The van der Waals surface area contributed by atoms with Crippen molar-refractivity contribution in [3.05, 3.63) is 35.4 Å². The van der Waals surface area contributed by atoms with Gasteiger partial charge < -0.3 is 15.5 Å². The molecule has 1 atom stereocenters. The lowest BCUT2D eigenvalue weighted by atomic mass is 10.1. The molecule has 0 aliphatic heterocycles. The first-order chi connectivity index (χ1) is 9.31. The molecule has 1 aromatic carbocycles. The first-order valence-corrected chi connectivity index (χ1v) is 6.44. The van der Waals surface area contributed by atoms with E-state index < -0.39 is 17.7 Å². The van der Waals surface area contributed by atoms with E-state index in [0.29, 0.717) is 13.1 Å². The van der Waals surface area contributed by atoms with E-state index in [1.807, 2.05) is 19.0 Å². The van der Waals surface area contributed by atoms with Crippen LogP contribution in [0.1, 0.15) is 12.5 Å². The fourth-order valence-electron chi connectivity index (χ4n) is 1.73. The van der Waals surface area contributed by atoms with Gasteiger partial charge in [0.2, 0.25) is 5.91 Å². The summed E-state index contributed by atoms with van der Waals surface area (Å²) in [5, 5.41) is 0. The third kappa shape index (κ3) is 6.37. The third-order valence-electron chi connectivity index (χ3n) is 2.89. The molecule has 4 nitrogen and oxygen atoms in total. The van der Waals surface area contributed by atoms with Gasteiger partial charge >= 0.3 is 0 Å². The summed E-state index contributed by atoms with van der Waals surface area (Å²) in [5.74, 6) is -1.54. The Bertz CT molecular complexity index is 470. The van der Waals surface area contributed by atoms with Crippen molar-refractivity contribution in [1.82, 2.24) is 9.80 Å². The molecule has 0 aromatic heterocycles. The normalized spacial score (nSPS) is 12.0. The molecule has 0 radical (unpaired) electrons. The topological polar surface area (TPSA) is 49.6 Å². The van der Waals surface area contributed by atoms with Gasteiger partial charge in [-0.05, 0) is 27.1 Å². The Morgan fingerprint density at radius 3 is 2.38 bits per heavy atom. The molecular formula is C14H22ClF2N3O. The lowest BCUT2D eigenvalue weighted by Gasteiger charge is -2.26. The van der Waals surface area contributed by atoms with Gasteiger partial charge in [-0.1, -0.05) is 6.07 Å². The molecule has 1 aromatic rings. The molecule has 0 saturated carbocycles. The van der Waals surface area contributed by atoms with Crippen molar-refractivity contribution in [3.8, 4) is 0 Å². The quantitative estimate of drug-likeness (QED) is 0.866. The van der Waals surface area contributed by atoms with Crippen LogP contribution in [-0.4, -0.2) is 48.9 Å². The molecule has 0 aliphatic carbocycles. The molecule has 0 saturated heterocycles. The predicted octanol–water partition coefficient (Wildman–Crippen LogP) is 1.62. The second-order valence-corrected chi connectivity index (χ2v) is 5.09. The fourth-order valence-corrected chi connectivity index (χ4v) is 1.73. The average molecular weight is 322 g/mol. The van der Waals surface area contributed by atoms with Crippen LogP contribution < -0.4 is 5.73 Å². The van der Waals surface area contributed by atoms with Crippen LogP contribution in [0.25, 0.3) is 0 Å². The number of hydrogen-bond acceptors (Lipinski definition) is 3. The molecule has 21 heavy (non-hydrogen) atoms. The van der Waals surface area contributed by atoms with Crippen LogP contribution in [0.3, 0.4) is 0 Å². The highest BCUT2D eigenvalue weighted by molar-refractivity contribution is 5.85. The maximum absolute atomic E-state index is 13.7. The van der Waals surface area contributed by atoms with Crippen molar-refractivity contribution in [2.45, 2.75) is 19.5 Å². The zero-order chi connectivity index (χ0) is 15.3. The highest BCUT2D eigenvalue weighted by Crippen LogP contribution is 2.13. The number of hydrogen-bond donors (Lipinski definition) is 1. The van der Waals surface area contributed by atoms with Crippen LogP contribution in [0, 0.1) is 11.6 Å². The van der Waals surface area contributed by atoms with Gasteiger partial charge in [0.25, 0.3) is 0 Å². The van der Waals surface area contributed by atoms with Crippen LogP contribution in [0.15, 0.2) is 18.2 Å². The van der Waals surface area contributed by atoms with Crippen molar-refractivity contribution in [2.24, 2.45) is 5.73 Å². The molecule has 0 unspecified atom stereocenters. The van der Waals surface area contributed by atoms with E-state index in [9.17, 15) is 13.6 Å². The summed E-state index contributed by atoms with van der Waals surface area (Å²) < 4.78 is 26.5. The summed E-state index contributed by atoms with van der Waals surface area (Å²) in [6.07, 6.45) is 0. The first-order valence-electron chi connectivity index (χ1n) is 6.44. The van der Waals surface area contributed by atoms with Crippen LogP contribution >= 0.6 is 12.4 Å². The molecule has 1 rings (SSSR count). The van der Waals surface area contributed by atoms with Crippen LogP contribution in [0.4, 0.5) is 8.78 Å². The molecule has 1 amide bonds. The molecule has 0 heterocycles. The molecule has 0 bridgehead atoms. The minimum absolute atomic E-state index is 0. The Kier molecular flexibility index (Phi) is 8.39. The number of likely N-dealkylation sites (N-methyl/N-ethyl adjacent to an activating group) is 1. The Morgan fingerprint density at radius 1 is 1.29 bits per heavy atom. The van der Waals surface area contributed by atoms with E-state index in [2.05, 4.69) is 0 Å². The number of halogens is 3. The zero-order valence-corrected chi connectivity index (χ0v) is 13.3. The minimum atomic E-state index is -0.655. The largest absolute Gasteiger partial charge is 0.336 e. The lowest BCUT2D eigenvalue weighted by molar-refractivity contribution is -0.133. The van der Waals surface area contributed by atoms with E-state index in [1.165, 1.54) is 17.0 Å². The summed E-state index contributed by atoms with van der Waals surface area (Å²) in [6.45, 7) is 2.75. The van der Waals surface area contributed by atoms with Gasteiger partial charge in [-0.3, -0.25) is 4.79 Å². The van der Waals surface area contributed by atoms with E-state index in [-0.39, 0.29) is 30.4 Å². The first kappa shape index (κ1) is 19.8. The van der Waals surface area contributed by atoms with Crippen LogP contribution in [0.2, 0.25) is 0 Å². The molecule has 0 aliphatic rings. The summed E-state index contributed by atoms with van der Waals surface area (Å²) >= 11 is 0. The number of amides is 1. The predicted molar refractivity (Wildman–Crippen MR) is 81.2 cm³/mol. The SMILES string of the molecule is C[C@@H](N)C(=O)N(CCN(C)C)Cc1ccc(F)cc1F.Cl. The lowest BCUT2D eigenvalue weighted by Crippen LogP contribution is -2.44. The Balaban J connectivity index is 0.00000400. The maximum atomic E-state index is 13.7. The van der Waals surface area contributed by atoms with Gasteiger partial charge in [0.15, 0.2) is 0 Å². The summed E-state index contributed by atoms with van der Waals surface area (Å²) in [6, 6.07) is 2.69.